The third-order valence-corrected chi connectivity index (χ3v) is 2.47. The molecule has 0 unspecified atom stereocenters. The fourth-order valence-corrected chi connectivity index (χ4v) is 1.56. The third kappa shape index (κ3) is 5.70. The maximum Gasteiger partial charge on any atom is 0.414 e. The zero-order chi connectivity index (χ0) is 14.5. The fraction of sp³-hybridized carbons (Fsp3) is 0.429. The zero-order valence-electron chi connectivity index (χ0n) is 11.6. The fourth-order valence-electron chi connectivity index (χ4n) is 1.47. The Morgan fingerprint density at radius 1 is 1.32 bits per heavy atom. The molecule has 0 radical (unpaired) electrons. The van der Waals surface area contributed by atoms with E-state index < -0.39 is 11.7 Å². The van der Waals surface area contributed by atoms with Gasteiger partial charge in [0.05, 0.1) is 4.99 Å². The number of anilines is 1. The van der Waals surface area contributed by atoms with Crippen LogP contribution in [0.3, 0.4) is 0 Å². The molecule has 0 bridgehead atoms. The van der Waals surface area contributed by atoms with Crippen LogP contribution in [-0.2, 0) is 4.74 Å². The summed E-state index contributed by atoms with van der Waals surface area (Å²) in [5.74, 6) is 0. The molecule has 0 aromatic heterocycles. The number of hydrogen-bond donors (Lipinski definition) is 1. The van der Waals surface area contributed by atoms with Gasteiger partial charge in [0.25, 0.3) is 0 Å². The maximum absolute atomic E-state index is 12.2. The number of ether oxygens (including phenoxy) is 1. The van der Waals surface area contributed by atoms with Gasteiger partial charge < -0.3 is 10.5 Å². The maximum atomic E-state index is 12.2. The first kappa shape index (κ1) is 15.4. The number of carbonyl (C=O) groups excluding carboxylic acids is 1. The minimum atomic E-state index is -0.534. The Kier molecular flexibility index (Phi) is 5.30. The van der Waals surface area contributed by atoms with E-state index in [4.69, 9.17) is 22.7 Å². The van der Waals surface area contributed by atoms with Gasteiger partial charge in [0, 0.05) is 18.7 Å². The van der Waals surface area contributed by atoms with Gasteiger partial charge in [0.1, 0.15) is 5.60 Å². The van der Waals surface area contributed by atoms with Crippen LogP contribution in [0, 0.1) is 0 Å². The van der Waals surface area contributed by atoms with E-state index >= 15 is 0 Å². The normalized spacial score (nSPS) is 10.9. The van der Waals surface area contributed by atoms with Gasteiger partial charge in [0.15, 0.2) is 0 Å². The van der Waals surface area contributed by atoms with Gasteiger partial charge in [-0.1, -0.05) is 30.4 Å². The molecule has 0 aliphatic heterocycles. The average Bonchev–Trinajstić information content (AvgIpc) is 2.27. The summed E-state index contributed by atoms with van der Waals surface area (Å²) in [5, 5.41) is 0. The first-order valence-electron chi connectivity index (χ1n) is 6.13. The Balaban J connectivity index is 2.86. The van der Waals surface area contributed by atoms with E-state index in [1.54, 1.807) is 4.90 Å². The summed E-state index contributed by atoms with van der Waals surface area (Å²) in [4.78, 5) is 14.1. The first-order chi connectivity index (χ1) is 8.79. The highest BCUT2D eigenvalue weighted by molar-refractivity contribution is 7.80. The Bertz CT molecular complexity index is 441. The molecule has 5 heteroatoms. The third-order valence-electron chi connectivity index (χ3n) is 2.26. The Morgan fingerprint density at radius 2 is 1.89 bits per heavy atom. The van der Waals surface area contributed by atoms with Crippen LogP contribution in [0.15, 0.2) is 30.3 Å². The average molecular weight is 280 g/mol. The number of amides is 1. The number of carbonyl (C=O) groups is 1. The van der Waals surface area contributed by atoms with Crippen LogP contribution in [0.5, 0.6) is 0 Å². The summed E-state index contributed by atoms with van der Waals surface area (Å²) >= 11 is 4.86. The topological polar surface area (TPSA) is 55.6 Å². The molecule has 1 amide bonds. The minimum Gasteiger partial charge on any atom is -0.443 e. The minimum absolute atomic E-state index is 0.379. The monoisotopic (exact) mass is 280 g/mol. The largest absolute Gasteiger partial charge is 0.443 e. The number of para-hydroxylation sites is 1. The van der Waals surface area contributed by atoms with Crippen molar-refractivity contribution in [1.29, 1.82) is 0 Å². The molecule has 2 N–H and O–H groups in total. The molecule has 1 aromatic rings. The van der Waals surface area contributed by atoms with E-state index in [1.165, 1.54) is 0 Å². The summed E-state index contributed by atoms with van der Waals surface area (Å²) in [6, 6.07) is 9.33. The number of thiocarbonyl (C=S) groups is 1. The van der Waals surface area contributed by atoms with Gasteiger partial charge in [-0.05, 0) is 32.9 Å². The molecular weight excluding hydrogens is 260 g/mol. The highest BCUT2D eigenvalue weighted by Crippen LogP contribution is 2.18. The summed E-state index contributed by atoms with van der Waals surface area (Å²) < 4.78 is 5.39. The van der Waals surface area contributed by atoms with E-state index in [2.05, 4.69) is 0 Å². The van der Waals surface area contributed by atoms with Crippen LogP contribution in [0.25, 0.3) is 0 Å². The second-order valence-electron chi connectivity index (χ2n) is 5.18. The summed E-state index contributed by atoms with van der Waals surface area (Å²) in [5.41, 5.74) is 5.74. The molecule has 1 aromatic carbocycles. The second-order valence-corrected chi connectivity index (χ2v) is 5.71. The van der Waals surface area contributed by atoms with Gasteiger partial charge in [-0.3, -0.25) is 4.90 Å². The molecule has 0 heterocycles. The van der Waals surface area contributed by atoms with Gasteiger partial charge in [0.2, 0.25) is 0 Å². The van der Waals surface area contributed by atoms with Crippen molar-refractivity contribution in [2.75, 3.05) is 11.4 Å². The molecule has 4 nitrogen and oxygen atoms in total. The summed E-state index contributed by atoms with van der Waals surface area (Å²) in [6.07, 6.45) is 0.0682. The van der Waals surface area contributed by atoms with Crippen LogP contribution in [-0.4, -0.2) is 23.2 Å². The molecule has 0 fully saturated rings. The van der Waals surface area contributed by atoms with Crippen LogP contribution in [0.2, 0.25) is 0 Å². The predicted molar refractivity (Wildman–Crippen MR) is 81.4 cm³/mol. The highest BCUT2D eigenvalue weighted by atomic mass is 32.1. The SMILES string of the molecule is CC(C)(C)OC(=O)N(CCC(N)=S)c1ccccc1. The van der Waals surface area contributed by atoms with Crippen molar-refractivity contribution in [1.82, 2.24) is 0 Å². The van der Waals surface area contributed by atoms with Crippen LogP contribution in [0.4, 0.5) is 10.5 Å². The molecular formula is C14H20N2O2S. The van der Waals surface area contributed by atoms with Crippen molar-refractivity contribution in [3.05, 3.63) is 30.3 Å². The van der Waals surface area contributed by atoms with Gasteiger partial charge in [-0.25, -0.2) is 4.79 Å². The van der Waals surface area contributed by atoms with Crippen molar-refractivity contribution in [2.24, 2.45) is 5.73 Å². The summed E-state index contributed by atoms with van der Waals surface area (Å²) in [7, 11) is 0. The van der Waals surface area contributed by atoms with E-state index in [1.807, 2.05) is 51.1 Å². The van der Waals surface area contributed by atoms with Gasteiger partial charge >= 0.3 is 6.09 Å². The van der Waals surface area contributed by atoms with Crippen molar-refractivity contribution < 1.29 is 9.53 Å². The Hall–Kier alpha value is -1.62. The van der Waals surface area contributed by atoms with Crippen molar-refractivity contribution in [2.45, 2.75) is 32.8 Å². The summed E-state index contributed by atoms with van der Waals surface area (Å²) in [6.45, 7) is 5.92. The molecule has 0 aliphatic carbocycles. The van der Waals surface area contributed by atoms with Crippen molar-refractivity contribution >= 4 is 29.0 Å². The molecule has 0 aliphatic rings. The molecule has 19 heavy (non-hydrogen) atoms. The number of hydrogen-bond acceptors (Lipinski definition) is 3. The lowest BCUT2D eigenvalue weighted by Crippen LogP contribution is -2.38. The number of nitrogens with zero attached hydrogens (tertiary/aromatic N) is 1. The van der Waals surface area contributed by atoms with E-state index in [0.717, 1.165) is 5.69 Å². The number of nitrogens with two attached hydrogens (primary N) is 1. The smallest absolute Gasteiger partial charge is 0.414 e. The molecule has 104 valence electrons. The zero-order valence-corrected chi connectivity index (χ0v) is 12.4. The standard InChI is InChI=1S/C14H20N2O2S/c1-14(2,3)18-13(17)16(10-9-12(15)19)11-7-5-4-6-8-11/h4-8H,9-10H2,1-3H3,(H2,15,19). The molecule has 0 spiro atoms. The molecule has 0 atom stereocenters. The second kappa shape index (κ2) is 6.52. The Labute approximate surface area is 119 Å². The van der Waals surface area contributed by atoms with E-state index in [-0.39, 0.29) is 0 Å². The lowest BCUT2D eigenvalue weighted by Gasteiger charge is -2.27. The first-order valence-corrected chi connectivity index (χ1v) is 6.54. The number of benzene rings is 1. The highest BCUT2D eigenvalue weighted by Gasteiger charge is 2.23. The predicted octanol–water partition coefficient (Wildman–Crippen LogP) is 3.10. The van der Waals surface area contributed by atoms with E-state index in [9.17, 15) is 4.79 Å². The van der Waals surface area contributed by atoms with Crippen LogP contribution < -0.4 is 10.6 Å². The van der Waals surface area contributed by atoms with Crippen molar-refractivity contribution in [3.63, 3.8) is 0 Å². The van der Waals surface area contributed by atoms with Gasteiger partial charge in [-0.15, -0.1) is 0 Å². The van der Waals surface area contributed by atoms with Crippen molar-refractivity contribution in [3.8, 4) is 0 Å². The quantitative estimate of drug-likeness (QED) is 0.861. The molecule has 0 saturated carbocycles. The molecule has 1 rings (SSSR count). The lowest BCUT2D eigenvalue weighted by molar-refractivity contribution is 0.0581. The Morgan fingerprint density at radius 3 is 2.37 bits per heavy atom. The number of rotatable bonds is 4. The van der Waals surface area contributed by atoms with Gasteiger partial charge in [-0.2, -0.15) is 0 Å². The lowest BCUT2D eigenvalue weighted by atomic mass is 10.2. The molecule has 0 saturated heterocycles. The van der Waals surface area contributed by atoms with Crippen LogP contribution in [0.1, 0.15) is 27.2 Å². The van der Waals surface area contributed by atoms with E-state index in [0.29, 0.717) is 18.0 Å². The van der Waals surface area contributed by atoms with Crippen LogP contribution >= 0.6 is 12.2 Å².